The van der Waals surface area contributed by atoms with Gasteiger partial charge in [0, 0.05) is 54.4 Å². The molecule has 0 spiro atoms. The van der Waals surface area contributed by atoms with Gasteiger partial charge in [0.25, 0.3) is 0 Å². The van der Waals surface area contributed by atoms with Crippen LogP contribution >= 0.6 is 11.6 Å². The molecule has 4 rings (SSSR count). The van der Waals surface area contributed by atoms with Crippen LogP contribution in [0.3, 0.4) is 0 Å². The SMILES string of the molecule is CCCC(=O)Nc1ccc2nc(N3CCN(c4ccc(Cl)cc4)CC3)cc(C(=O)O)c2c1. The van der Waals surface area contributed by atoms with Gasteiger partial charge in [0.05, 0.1) is 11.1 Å². The van der Waals surface area contributed by atoms with Gasteiger partial charge in [0.15, 0.2) is 0 Å². The zero-order valence-electron chi connectivity index (χ0n) is 17.8. The van der Waals surface area contributed by atoms with Gasteiger partial charge < -0.3 is 20.2 Å². The number of fused-ring (bicyclic) bond motifs is 1. The average molecular weight is 453 g/mol. The zero-order valence-corrected chi connectivity index (χ0v) is 18.6. The summed E-state index contributed by atoms with van der Waals surface area (Å²) in [5.74, 6) is -0.462. The van der Waals surface area contributed by atoms with Crippen molar-refractivity contribution in [2.24, 2.45) is 0 Å². The second-order valence-corrected chi connectivity index (χ2v) is 8.25. The number of carbonyl (C=O) groups excluding carboxylic acids is 1. The van der Waals surface area contributed by atoms with Crippen LogP contribution in [0.4, 0.5) is 17.2 Å². The number of anilines is 3. The highest BCUT2D eigenvalue weighted by Gasteiger charge is 2.21. The number of carboxylic acids is 1. The summed E-state index contributed by atoms with van der Waals surface area (Å²) in [6, 6.07) is 14.6. The first-order chi connectivity index (χ1) is 15.4. The topological polar surface area (TPSA) is 85.8 Å². The third-order valence-corrected chi connectivity index (χ3v) is 5.83. The Balaban J connectivity index is 1.56. The minimum Gasteiger partial charge on any atom is -0.478 e. The fourth-order valence-electron chi connectivity index (χ4n) is 3.92. The van der Waals surface area contributed by atoms with E-state index < -0.39 is 5.97 Å². The standard InChI is InChI=1S/C24H25ClN4O3/c1-2-3-23(30)26-17-6-9-21-19(14-17)20(24(31)32)15-22(27-21)29-12-10-28(11-13-29)18-7-4-16(25)5-8-18/h4-9,14-15H,2-3,10-13H2,1H3,(H,26,30)(H,31,32). The third kappa shape index (κ3) is 4.78. The predicted molar refractivity (Wildman–Crippen MR) is 128 cm³/mol. The first-order valence-electron chi connectivity index (χ1n) is 10.7. The monoisotopic (exact) mass is 452 g/mol. The van der Waals surface area contributed by atoms with Crippen LogP contribution in [-0.2, 0) is 4.79 Å². The fourth-order valence-corrected chi connectivity index (χ4v) is 4.05. The Morgan fingerprint density at radius 2 is 1.72 bits per heavy atom. The van der Waals surface area contributed by atoms with Crippen molar-refractivity contribution in [1.29, 1.82) is 0 Å². The maximum atomic E-state index is 12.0. The molecule has 1 aliphatic rings. The highest BCUT2D eigenvalue weighted by atomic mass is 35.5. The molecule has 0 saturated carbocycles. The number of benzene rings is 2. The van der Waals surface area contributed by atoms with Gasteiger partial charge in [-0.3, -0.25) is 4.79 Å². The summed E-state index contributed by atoms with van der Waals surface area (Å²) < 4.78 is 0. The zero-order chi connectivity index (χ0) is 22.7. The van der Waals surface area contributed by atoms with E-state index in [2.05, 4.69) is 15.1 Å². The Morgan fingerprint density at radius 1 is 1.03 bits per heavy atom. The summed E-state index contributed by atoms with van der Waals surface area (Å²) >= 11 is 5.99. The molecule has 1 amide bonds. The van der Waals surface area contributed by atoms with E-state index in [-0.39, 0.29) is 11.5 Å². The number of hydrogen-bond acceptors (Lipinski definition) is 5. The van der Waals surface area contributed by atoms with E-state index in [0.29, 0.717) is 33.9 Å². The number of halogens is 1. The predicted octanol–water partition coefficient (Wildman–Crippen LogP) is 4.65. The molecule has 7 nitrogen and oxygen atoms in total. The Hall–Kier alpha value is -3.32. The van der Waals surface area contributed by atoms with Gasteiger partial charge >= 0.3 is 5.97 Å². The van der Waals surface area contributed by atoms with Crippen LogP contribution in [0.2, 0.25) is 5.02 Å². The van der Waals surface area contributed by atoms with E-state index in [1.807, 2.05) is 31.2 Å². The Morgan fingerprint density at radius 3 is 2.38 bits per heavy atom. The summed E-state index contributed by atoms with van der Waals surface area (Å²) in [7, 11) is 0. The minimum absolute atomic E-state index is 0.0909. The van der Waals surface area contributed by atoms with Crippen LogP contribution in [0.1, 0.15) is 30.1 Å². The second-order valence-electron chi connectivity index (χ2n) is 7.81. The van der Waals surface area contributed by atoms with Crippen LogP contribution in [0, 0.1) is 0 Å². The van der Waals surface area contributed by atoms with E-state index in [0.717, 1.165) is 38.3 Å². The molecule has 0 atom stereocenters. The van der Waals surface area contributed by atoms with Crippen LogP contribution in [0.25, 0.3) is 10.9 Å². The molecule has 0 unspecified atom stereocenters. The first-order valence-corrected chi connectivity index (χ1v) is 11.1. The number of aromatic nitrogens is 1. The molecular formula is C24H25ClN4O3. The molecule has 2 N–H and O–H groups in total. The molecule has 32 heavy (non-hydrogen) atoms. The van der Waals surface area contributed by atoms with Crippen LogP contribution in [-0.4, -0.2) is 48.1 Å². The molecule has 1 aromatic heterocycles. The van der Waals surface area contributed by atoms with E-state index >= 15 is 0 Å². The minimum atomic E-state index is -1.02. The number of carbonyl (C=O) groups is 2. The molecule has 8 heteroatoms. The van der Waals surface area contributed by atoms with Crippen molar-refractivity contribution in [3.8, 4) is 0 Å². The molecule has 1 fully saturated rings. The Bertz CT molecular complexity index is 1140. The maximum absolute atomic E-state index is 12.0. The first kappa shape index (κ1) is 21.9. The fraction of sp³-hybridized carbons (Fsp3) is 0.292. The lowest BCUT2D eigenvalue weighted by Gasteiger charge is -2.37. The number of nitrogens with zero attached hydrogens (tertiary/aromatic N) is 3. The number of piperazine rings is 1. The summed E-state index contributed by atoms with van der Waals surface area (Å²) in [5, 5.41) is 13.9. The molecule has 1 aliphatic heterocycles. The molecule has 166 valence electrons. The average Bonchev–Trinajstić information content (AvgIpc) is 2.79. The number of rotatable bonds is 6. The molecule has 2 aromatic carbocycles. The van der Waals surface area contributed by atoms with Crippen molar-refractivity contribution in [1.82, 2.24) is 4.98 Å². The number of carboxylic acid groups (broad SMARTS) is 1. The number of aromatic carboxylic acids is 1. The van der Waals surface area contributed by atoms with E-state index in [4.69, 9.17) is 16.6 Å². The molecular weight excluding hydrogens is 428 g/mol. The van der Waals surface area contributed by atoms with Crippen molar-refractivity contribution < 1.29 is 14.7 Å². The van der Waals surface area contributed by atoms with E-state index in [1.165, 1.54) is 0 Å². The van der Waals surface area contributed by atoms with Crippen molar-refractivity contribution in [2.75, 3.05) is 41.3 Å². The quantitative estimate of drug-likeness (QED) is 0.566. The summed E-state index contributed by atoms with van der Waals surface area (Å²) in [6.07, 6.45) is 1.17. The number of pyridine rings is 1. The molecule has 0 aliphatic carbocycles. The van der Waals surface area contributed by atoms with E-state index in [9.17, 15) is 14.7 Å². The van der Waals surface area contributed by atoms with Gasteiger partial charge in [0.2, 0.25) is 5.91 Å². The molecule has 0 radical (unpaired) electrons. The van der Waals surface area contributed by atoms with Gasteiger partial charge in [-0.05, 0) is 55.0 Å². The molecule has 1 saturated heterocycles. The van der Waals surface area contributed by atoms with Crippen molar-refractivity contribution in [3.63, 3.8) is 0 Å². The van der Waals surface area contributed by atoms with E-state index in [1.54, 1.807) is 24.3 Å². The van der Waals surface area contributed by atoms with Gasteiger partial charge in [-0.1, -0.05) is 18.5 Å². The lowest BCUT2D eigenvalue weighted by atomic mass is 10.1. The smallest absolute Gasteiger partial charge is 0.336 e. The lowest BCUT2D eigenvalue weighted by molar-refractivity contribution is -0.116. The number of amides is 1. The highest BCUT2D eigenvalue weighted by molar-refractivity contribution is 6.30. The van der Waals surface area contributed by atoms with Crippen LogP contribution in [0.5, 0.6) is 0 Å². The van der Waals surface area contributed by atoms with Gasteiger partial charge in [-0.15, -0.1) is 0 Å². The second kappa shape index (κ2) is 9.44. The highest BCUT2D eigenvalue weighted by Crippen LogP contribution is 2.28. The van der Waals surface area contributed by atoms with Crippen molar-refractivity contribution in [3.05, 3.63) is 59.1 Å². The van der Waals surface area contributed by atoms with Crippen LogP contribution < -0.4 is 15.1 Å². The third-order valence-electron chi connectivity index (χ3n) is 5.58. The van der Waals surface area contributed by atoms with Gasteiger partial charge in [0.1, 0.15) is 5.82 Å². The van der Waals surface area contributed by atoms with Gasteiger partial charge in [-0.25, -0.2) is 9.78 Å². The molecule has 2 heterocycles. The lowest BCUT2D eigenvalue weighted by Crippen LogP contribution is -2.46. The summed E-state index contributed by atoms with van der Waals surface area (Å²) in [6.45, 7) is 4.98. The summed E-state index contributed by atoms with van der Waals surface area (Å²) in [5.41, 5.74) is 2.46. The maximum Gasteiger partial charge on any atom is 0.336 e. The normalized spacial score (nSPS) is 13.9. The largest absolute Gasteiger partial charge is 0.478 e. The summed E-state index contributed by atoms with van der Waals surface area (Å²) in [4.78, 5) is 33.0. The van der Waals surface area contributed by atoms with Gasteiger partial charge in [-0.2, -0.15) is 0 Å². The van der Waals surface area contributed by atoms with Crippen molar-refractivity contribution in [2.45, 2.75) is 19.8 Å². The Labute approximate surface area is 191 Å². The molecule has 0 bridgehead atoms. The number of hydrogen-bond donors (Lipinski definition) is 2. The Kier molecular flexibility index (Phi) is 6.46. The molecule has 3 aromatic rings. The number of nitrogens with one attached hydrogen (secondary N) is 1. The van der Waals surface area contributed by atoms with Crippen molar-refractivity contribution >= 4 is 51.6 Å². The van der Waals surface area contributed by atoms with Crippen LogP contribution in [0.15, 0.2) is 48.5 Å².